The second kappa shape index (κ2) is 4.80. The molecule has 2 N–H and O–H groups in total. The van der Waals surface area contributed by atoms with Crippen LogP contribution in [-0.2, 0) is 11.3 Å². The third-order valence-electron chi connectivity index (χ3n) is 2.94. The highest BCUT2D eigenvalue weighted by Crippen LogP contribution is 2.15. The Hall–Kier alpha value is -1.13. The second-order valence-electron chi connectivity index (χ2n) is 4.50. The number of aromatic nitrogens is 1. The van der Waals surface area contributed by atoms with Crippen molar-refractivity contribution >= 4 is 5.69 Å². The summed E-state index contributed by atoms with van der Waals surface area (Å²) in [5.41, 5.74) is 7.55. The van der Waals surface area contributed by atoms with Crippen LogP contribution in [0, 0.1) is 0 Å². The van der Waals surface area contributed by atoms with Crippen molar-refractivity contribution in [3.05, 3.63) is 24.0 Å². The summed E-state index contributed by atoms with van der Waals surface area (Å²) in [5, 5.41) is 0. The molecule has 1 saturated heterocycles. The van der Waals surface area contributed by atoms with E-state index in [4.69, 9.17) is 10.5 Å². The maximum Gasteiger partial charge on any atom is 0.0674 e. The van der Waals surface area contributed by atoms with Gasteiger partial charge in [-0.3, -0.25) is 9.88 Å². The van der Waals surface area contributed by atoms with Crippen LogP contribution in [0.25, 0.3) is 0 Å². The lowest BCUT2D eigenvalue weighted by Crippen LogP contribution is -2.46. The van der Waals surface area contributed by atoms with Crippen molar-refractivity contribution < 1.29 is 4.74 Å². The van der Waals surface area contributed by atoms with E-state index in [0.717, 1.165) is 31.1 Å². The summed E-state index contributed by atoms with van der Waals surface area (Å²) in [7, 11) is 0. The van der Waals surface area contributed by atoms with E-state index >= 15 is 0 Å². The largest absolute Gasteiger partial charge is 0.399 e. The van der Waals surface area contributed by atoms with Gasteiger partial charge in [0.25, 0.3) is 0 Å². The first-order valence-corrected chi connectivity index (χ1v) is 5.71. The predicted molar refractivity (Wildman–Crippen MR) is 63.9 cm³/mol. The Morgan fingerprint density at radius 2 is 2.38 bits per heavy atom. The quantitative estimate of drug-likeness (QED) is 0.817. The first-order chi connectivity index (χ1) is 7.65. The Kier molecular flexibility index (Phi) is 3.41. The number of hydrogen-bond donors (Lipinski definition) is 1. The Morgan fingerprint density at radius 3 is 3.12 bits per heavy atom. The molecule has 2 rings (SSSR count). The number of hydrogen-bond acceptors (Lipinski definition) is 4. The minimum Gasteiger partial charge on any atom is -0.399 e. The maximum absolute atomic E-state index is 5.74. The van der Waals surface area contributed by atoms with Crippen molar-refractivity contribution in [3.8, 4) is 0 Å². The summed E-state index contributed by atoms with van der Waals surface area (Å²) in [6.07, 6.45) is 2.07. The summed E-state index contributed by atoms with van der Waals surface area (Å²) < 4.78 is 5.59. The van der Waals surface area contributed by atoms with Gasteiger partial charge in [0, 0.05) is 31.0 Å². The lowest BCUT2D eigenvalue weighted by atomic mass is 10.2. The highest BCUT2D eigenvalue weighted by atomic mass is 16.5. The van der Waals surface area contributed by atoms with E-state index in [-0.39, 0.29) is 0 Å². The number of nitrogen functional groups attached to an aromatic ring is 1. The van der Waals surface area contributed by atoms with Crippen molar-refractivity contribution in [1.82, 2.24) is 9.88 Å². The highest BCUT2D eigenvalue weighted by molar-refractivity contribution is 5.37. The van der Waals surface area contributed by atoms with Gasteiger partial charge >= 0.3 is 0 Å². The molecule has 1 aliphatic rings. The van der Waals surface area contributed by atoms with Crippen LogP contribution in [0.4, 0.5) is 5.69 Å². The molecule has 2 atom stereocenters. The topological polar surface area (TPSA) is 51.4 Å². The zero-order valence-corrected chi connectivity index (χ0v) is 9.89. The molecule has 2 heterocycles. The molecule has 4 nitrogen and oxygen atoms in total. The molecule has 4 heteroatoms. The van der Waals surface area contributed by atoms with Crippen molar-refractivity contribution in [2.45, 2.75) is 32.5 Å². The van der Waals surface area contributed by atoms with E-state index < -0.39 is 0 Å². The molecule has 0 aromatic carbocycles. The van der Waals surface area contributed by atoms with Crippen LogP contribution in [0.5, 0.6) is 0 Å². The van der Waals surface area contributed by atoms with Crippen LogP contribution >= 0.6 is 0 Å². The summed E-state index contributed by atoms with van der Waals surface area (Å²) >= 11 is 0. The summed E-state index contributed by atoms with van der Waals surface area (Å²) in [5.74, 6) is 0. The van der Waals surface area contributed by atoms with Crippen molar-refractivity contribution in [3.63, 3.8) is 0 Å². The number of nitrogens with two attached hydrogens (primary N) is 1. The summed E-state index contributed by atoms with van der Waals surface area (Å²) in [6, 6.07) is 4.20. The third-order valence-corrected chi connectivity index (χ3v) is 2.94. The van der Waals surface area contributed by atoms with E-state index in [9.17, 15) is 0 Å². The minimum absolute atomic E-state index is 0.303. The van der Waals surface area contributed by atoms with Crippen molar-refractivity contribution in [2.24, 2.45) is 0 Å². The van der Waals surface area contributed by atoms with Gasteiger partial charge in [0.1, 0.15) is 0 Å². The fraction of sp³-hybridized carbons (Fsp3) is 0.583. The fourth-order valence-corrected chi connectivity index (χ4v) is 1.98. The average molecular weight is 221 g/mol. The van der Waals surface area contributed by atoms with E-state index in [2.05, 4.69) is 23.7 Å². The molecule has 0 amide bonds. The van der Waals surface area contributed by atoms with Crippen LogP contribution in [0.3, 0.4) is 0 Å². The maximum atomic E-state index is 5.74. The smallest absolute Gasteiger partial charge is 0.0674 e. The van der Waals surface area contributed by atoms with Gasteiger partial charge < -0.3 is 10.5 Å². The Labute approximate surface area is 96.4 Å². The molecule has 1 aromatic heterocycles. The monoisotopic (exact) mass is 221 g/mol. The summed E-state index contributed by atoms with van der Waals surface area (Å²) in [6.45, 7) is 6.88. The number of morpholine rings is 1. The zero-order chi connectivity index (χ0) is 11.5. The molecule has 0 saturated carbocycles. The molecule has 88 valence electrons. The van der Waals surface area contributed by atoms with Gasteiger partial charge in [-0.1, -0.05) is 0 Å². The molecule has 0 aliphatic carbocycles. The number of rotatable bonds is 2. The lowest BCUT2D eigenvalue weighted by Gasteiger charge is -2.36. The molecule has 1 aliphatic heterocycles. The van der Waals surface area contributed by atoms with Gasteiger partial charge in [-0.25, -0.2) is 0 Å². The molecular weight excluding hydrogens is 202 g/mol. The first-order valence-electron chi connectivity index (χ1n) is 5.71. The predicted octanol–water partition coefficient (Wildman–Crippen LogP) is 1.27. The minimum atomic E-state index is 0.303. The van der Waals surface area contributed by atoms with E-state index in [1.165, 1.54) is 0 Å². The van der Waals surface area contributed by atoms with Gasteiger partial charge in [0.2, 0.25) is 0 Å². The SMILES string of the molecule is CC1CN(Cc2cc(N)ccn2)C(C)CO1. The number of nitrogens with zero attached hydrogens (tertiary/aromatic N) is 2. The Morgan fingerprint density at radius 1 is 1.56 bits per heavy atom. The Bertz CT molecular complexity index is 356. The lowest BCUT2D eigenvalue weighted by molar-refractivity contribution is -0.0530. The standard InChI is InChI=1S/C12H19N3O/c1-9-8-16-10(2)6-15(9)7-12-5-11(13)3-4-14-12/h3-5,9-10H,6-8H2,1-2H3,(H2,13,14). The Balaban J connectivity index is 2.02. The van der Waals surface area contributed by atoms with Crippen LogP contribution in [0.15, 0.2) is 18.3 Å². The van der Waals surface area contributed by atoms with Gasteiger partial charge in [-0.2, -0.15) is 0 Å². The van der Waals surface area contributed by atoms with E-state index in [1.807, 2.05) is 12.1 Å². The third kappa shape index (κ3) is 2.71. The number of pyridine rings is 1. The van der Waals surface area contributed by atoms with Crippen LogP contribution in [0.1, 0.15) is 19.5 Å². The van der Waals surface area contributed by atoms with Gasteiger partial charge in [0.15, 0.2) is 0 Å². The van der Waals surface area contributed by atoms with Crippen LogP contribution < -0.4 is 5.73 Å². The number of anilines is 1. The van der Waals surface area contributed by atoms with Gasteiger partial charge in [-0.15, -0.1) is 0 Å². The zero-order valence-electron chi connectivity index (χ0n) is 9.89. The highest BCUT2D eigenvalue weighted by Gasteiger charge is 2.23. The first kappa shape index (κ1) is 11.4. The van der Waals surface area contributed by atoms with E-state index in [0.29, 0.717) is 12.1 Å². The van der Waals surface area contributed by atoms with Crippen molar-refractivity contribution in [2.75, 3.05) is 18.9 Å². The second-order valence-corrected chi connectivity index (χ2v) is 4.50. The molecule has 1 aromatic rings. The van der Waals surface area contributed by atoms with Gasteiger partial charge in [-0.05, 0) is 26.0 Å². The molecule has 16 heavy (non-hydrogen) atoms. The van der Waals surface area contributed by atoms with E-state index in [1.54, 1.807) is 6.20 Å². The molecule has 0 bridgehead atoms. The van der Waals surface area contributed by atoms with Crippen molar-refractivity contribution in [1.29, 1.82) is 0 Å². The molecule has 0 spiro atoms. The molecular formula is C12H19N3O. The summed E-state index contributed by atoms with van der Waals surface area (Å²) in [4.78, 5) is 6.72. The van der Waals surface area contributed by atoms with Crippen LogP contribution in [0.2, 0.25) is 0 Å². The van der Waals surface area contributed by atoms with Gasteiger partial charge in [0.05, 0.1) is 18.4 Å². The normalized spacial score (nSPS) is 26.9. The average Bonchev–Trinajstić information content (AvgIpc) is 2.24. The molecule has 2 unspecified atom stereocenters. The molecule has 0 radical (unpaired) electrons. The molecule has 1 fully saturated rings. The number of ether oxygens (including phenoxy) is 1. The van der Waals surface area contributed by atoms with Crippen LogP contribution in [-0.4, -0.2) is 35.2 Å². The fourth-order valence-electron chi connectivity index (χ4n) is 1.98.